The SMILES string of the molecule is Cc1nc(CN(C)S(=O)(=O)c2cccc(N)c2)cs1. The summed E-state index contributed by atoms with van der Waals surface area (Å²) in [7, 11) is -2.00. The number of sulfonamides is 1. The van der Waals surface area contributed by atoms with E-state index in [4.69, 9.17) is 5.73 Å². The third kappa shape index (κ3) is 3.12. The highest BCUT2D eigenvalue weighted by molar-refractivity contribution is 7.89. The summed E-state index contributed by atoms with van der Waals surface area (Å²) in [6, 6.07) is 6.28. The van der Waals surface area contributed by atoms with Crippen LogP contribution in [0.15, 0.2) is 34.5 Å². The Hall–Kier alpha value is -1.44. The standard InChI is InChI=1S/C12H15N3O2S2/c1-9-14-11(8-18-9)7-15(2)19(16,17)12-5-3-4-10(13)6-12/h3-6,8H,7,13H2,1-2H3. The molecule has 0 amide bonds. The molecule has 0 spiro atoms. The highest BCUT2D eigenvalue weighted by atomic mass is 32.2. The van der Waals surface area contributed by atoms with Crippen molar-refractivity contribution in [2.24, 2.45) is 0 Å². The molecule has 0 aliphatic heterocycles. The van der Waals surface area contributed by atoms with Gasteiger partial charge in [0, 0.05) is 18.1 Å². The molecule has 1 aromatic heterocycles. The number of hydrogen-bond acceptors (Lipinski definition) is 5. The maximum absolute atomic E-state index is 12.3. The van der Waals surface area contributed by atoms with Crippen LogP contribution < -0.4 is 5.73 Å². The van der Waals surface area contributed by atoms with Crippen molar-refractivity contribution in [3.8, 4) is 0 Å². The molecule has 2 rings (SSSR count). The van der Waals surface area contributed by atoms with Gasteiger partial charge in [-0.05, 0) is 25.1 Å². The number of nitrogen functional groups attached to an aromatic ring is 1. The molecule has 0 radical (unpaired) electrons. The molecule has 0 aliphatic rings. The molecule has 102 valence electrons. The third-order valence-corrected chi connectivity index (χ3v) is 5.24. The minimum absolute atomic E-state index is 0.196. The van der Waals surface area contributed by atoms with Gasteiger partial charge in [-0.2, -0.15) is 4.31 Å². The van der Waals surface area contributed by atoms with Crippen molar-refractivity contribution < 1.29 is 8.42 Å². The average molecular weight is 297 g/mol. The van der Waals surface area contributed by atoms with E-state index in [2.05, 4.69) is 4.98 Å². The van der Waals surface area contributed by atoms with Gasteiger partial charge in [-0.15, -0.1) is 11.3 Å². The summed E-state index contributed by atoms with van der Waals surface area (Å²) in [5.74, 6) is 0. The number of aromatic nitrogens is 1. The Bertz CT molecular complexity index is 680. The van der Waals surface area contributed by atoms with Crippen molar-refractivity contribution in [1.82, 2.24) is 9.29 Å². The minimum Gasteiger partial charge on any atom is -0.399 e. The van der Waals surface area contributed by atoms with Gasteiger partial charge in [0.25, 0.3) is 0 Å². The first-order chi connectivity index (χ1) is 8.89. The minimum atomic E-state index is -3.53. The van der Waals surface area contributed by atoms with Gasteiger partial charge in [0.2, 0.25) is 10.0 Å². The average Bonchev–Trinajstić information content (AvgIpc) is 2.74. The predicted molar refractivity (Wildman–Crippen MR) is 76.4 cm³/mol. The first kappa shape index (κ1) is 14.0. The number of nitrogens with two attached hydrogens (primary N) is 1. The van der Waals surface area contributed by atoms with Gasteiger partial charge in [0.05, 0.1) is 22.1 Å². The van der Waals surface area contributed by atoms with E-state index in [1.165, 1.54) is 34.8 Å². The largest absolute Gasteiger partial charge is 0.399 e. The molecule has 7 heteroatoms. The first-order valence-electron chi connectivity index (χ1n) is 5.62. The highest BCUT2D eigenvalue weighted by Gasteiger charge is 2.21. The molecule has 0 unspecified atom stereocenters. The van der Waals surface area contributed by atoms with Crippen LogP contribution in [0, 0.1) is 6.92 Å². The van der Waals surface area contributed by atoms with Crippen LogP contribution in [0.4, 0.5) is 5.69 Å². The lowest BCUT2D eigenvalue weighted by atomic mass is 10.3. The van der Waals surface area contributed by atoms with E-state index in [1.54, 1.807) is 12.1 Å². The van der Waals surface area contributed by atoms with Crippen molar-refractivity contribution in [2.45, 2.75) is 18.4 Å². The van der Waals surface area contributed by atoms with E-state index >= 15 is 0 Å². The Morgan fingerprint density at radius 2 is 2.16 bits per heavy atom. The van der Waals surface area contributed by atoms with Crippen LogP contribution in [0.2, 0.25) is 0 Å². The quantitative estimate of drug-likeness (QED) is 0.874. The van der Waals surface area contributed by atoms with Gasteiger partial charge >= 0.3 is 0 Å². The second-order valence-corrected chi connectivity index (χ2v) is 7.30. The van der Waals surface area contributed by atoms with Gasteiger partial charge in [0.15, 0.2) is 0 Å². The Balaban J connectivity index is 2.24. The van der Waals surface area contributed by atoms with Gasteiger partial charge in [-0.25, -0.2) is 13.4 Å². The molecule has 0 fully saturated rings. The van der Waals surface area contributed by atoms with Crippen LogP contribution in [0.5, 0.6) is 0 Å². The number of thiazole rings is 1. The molecule has 19 heavy (non-hydrogen) atoms. The van der Waals surface area contributed by atoms with E-state index < -0.39 is 10.0 Å². The van der Waals surface area contributed by atoms with Crippen LogP contribution in [0.3, 0.4) is 0 Å². The zero-order valence-corrected chi connectivity index (χ0v) is 12.3. The molecule has 2 aromatic rings. The first-order valence-corrected chi connectivity index (χ1v) is 7.94. The molecule has 0 saturated carbocycles. The van der Waals surface area contributed by atoms with Crippen LogP contribution >= 0.6 is 11.3 Å². The number of aryl methyl sites for hydroxylation is 1. The fourth-order valence-corrected chi connectivity index (χ4v) is 3.45. The second kappa shape index (κ2) is 5.28. The van der Waals surface area contributed by atoms with E-state index in [9.17, 15) is 8.42 Å². The maximum Gasteiger partial charge on any atom is 0.243 e. The van der Waals surface area contributed by atoms with Crippen LogP contribution in [0.25, 0.3) is 0 Å². The van der Waals surface area contributed by atoms with E-state index in [-0.39, 0.29) is 11.4 Å². The van der Waals surface area contributed by atoms with E-state index in [0.29, 0.717) is 5.69 Å². The lowest BCUT2D eigenvalue weighted by Crippen LogP contribution is -2.26. The smallest absolute Gasteiger partial charge is 0.243 e. The van der Waals surface area contributed by atoms with E-state index in [0.717, 1.165) is 10.7 Å². The van der Waals surface area contributed by atoms with E-state index in [1.807, 2.05) is 12.3 Å². The van der Waals surface area contributed by atoms with Crippen molar-refractivity contribution in [2.75, 3.05) is 12.8 Å². The summed E-state index contributed by atoms with van der Waals surface area (Å²) in [5.41, 5.74) is 6.79. The number of nitrogens with zero attached hydrogens (tertiary/aromatic N) is 2. The van der Waals surface area contributed by atoms with Crippen molar-refractivity contribution in [1.29, 1.82) is 0 Å². The Labute approximate surface area is 116 Å². The number of rotatable bonds is 4. The number of hydrogen-bond donors (Lipinski definition) is 1. The number of benzene rings is 1. The fourth-order valence-electron chi connectivity index (χ4n) is 1.65. The monoisotopic (exact) mass is 297 g/mol. The van der Waals surface area contributed by atoms with Crippen molar-refractivity contribution >= 4 is 27.0 Å². The molecule has 2 N–H and O–H groups in total. The topological polar surface area (TPSA) is 76.3 Å². The zero-order chi connectivity index (χ0) is 14.0. The van der Waals surface area contributed by atoms with Crippen molar-refractivity contribution in [3.05, 3.63) is 40.3 Å². The van der Waals surface area contributed by atoms with Crippen LogP contribution in [-0.4, -0.2) is 24.8 Å². The van der Waals surface area contributed by atoms with Crippen molar-refractivity contribution in [3.63, 3.8) is 0 Å². The van der Waals surface area contributed by atoms with Gasteiger partial charge in [-0.1, -0.05) is 6.07 Å². The Morgan fingerprint density at radius 3 is 2.74 bits per heavy atom. The molecular weight excluding hydrogens is 282 g/mol. The van der Waals surface area contributed by atoms with Crippen LogP contribution in [0.1, 0.15) is 10.7 Å². The maximum atomic E-state index is 12.3. The summed E-state index contributed by atoms with van der Waals surface area (Å²) in [6.45, 7) is 2.14. The molecular formula is C12H15N3O2S2. The zero-order valence-electron chi connectivity index (χ0n) is 10.7. The molecule has 1 aromatic carbocycles. The normalized spacial score (nSPS) is 11.9. The summed E-state index contributed by atoms with van der Waals surface area (Å²) in [4.78, 5) is 4.46. The fraction of sp³-hybridized carbons (Fsp3) is 0.250. The third-order valence-electron chi connectivity index (χ3n) is 2.62. The molecule has 0 bridgehead atoms. The van der Waals surface area contributed by atoms with Gasteiger partial charge in [-0.3, -0.25) is 0 Å². The summed E-state index contributed by atoms with van der Waals surface area (Å²) in [6.07, 6.45) is 0. The second-order valence-electron chi connectivity index (χ2n) is 4.19. The lowest BCUT2D eigenvalue weighted by molar-refractivity contribution is 0.463. The summed E-state index contributed by atoms with van der Waals surface area (Å²) in [5, 5.41) is 2.78. The van der Waals surface area contributed by atoms with Gasteiger partial charge < -0.3 is 5.73 Å². The summed E-state index contributed by atoms with van der Waals surface area (Å²) >= 11 is 1.50. The molecule has 0 atom stereocenters. The molecule has 0 aliphatic carbocycles. The number of anilines is 1. The molecule has 5 nitrogen and oxygen atoms in total. The molecule has 1 heterocycles. The van der Waals surface area contributed by atoms with Gasteiger partial charge in [0.1, 0.15) is 0 Å². The summed E-state index contributed by atoms with van der Waals surface area (Å²) < 4.78 is 26.0. The predicted octanol–water partition coefficient (Wildman–Crippen LogP) is 1.85. The highest BCUT2D eigenvalue weighted by Crippen LogP contribution is 2.19. The molecule has 0 saturated heterocycles. The Morgan fingerprint density at radius 1 is 1.42 bits per heavy atom. The lowest BCUT2D eigenvalue weighted by Gasteiger charge is -2.16. The van der Waals surface area contributed by atoms with Crippen LogP contribution in [-0.2, 0) is 16.6 Å². The Kier molecular flexibility index (Phi) is 3.88.